The van der Waals surface area contributed by atoms with Gasteiger partial charge in [-0.1, -0.05) is 0 Å². The van der Waals surface area contributed by atoms with Gasteiger partial charge in [0, 0.05) is 12.8 Å². The second-order valence-electron chi connectivity index (χ2n) is 3.04. The van der Waals surface area contributed by atoms with E-state index in [1.807, 2.05) is 12.2 Å². The lowest BCUT2D eigenvalue weighted by Crippen LogP contribution is -2.16. The number of aliphatic imine (C=N–C) groups is 2. The van der Waals surface area contributed by atoms with Crippen LogP contribution < -0.4 is 16.4 Å². The van der Waals surface area contributed by atoms with Crippen LogP contribution in [-0.4, -0.2) is 28.4 Å². The van der Waals surface area contributed by atoms with Gasteiger partial charge in [0.15, 0.2) is 11.6 Å². The summed E-state index contributed by atoms with van der Waals surface area (Å²) in [5.41, 5.74) is 6.29. The summed E-state index contributed by atoms with van der Waals surface area (Å²) in [6.45, 7) is 0.412. The summed E-state index contributed by atoms with van der Waals surface area (Å²) in [6, 6.07) is 0. The summed E-state index contributed by atoms with van der Waals surface area (Å²) in [4.78, 5) is 16.9. The molecule has 2 N–H and O–H groups in total. The van der Waals surface area contributed by atoms with E-state index >= 15 is 0 Å². The average molecular weight is 185 g/mol. The van der Waals surface area contributed by atoms with E-state index in [0.29, 0.717) is 18.2 Å². The van der Waals surface area contributed by atoms with Crippen molar-refractivity contribution >= 4 is 35.7 Å². The van der Waals surface area contributed by atoms with Crippen molar-refractivity contribution in [1.82, 2.24) is 9.97 Å². The van der Waals surface area contributed by atoms with Crippen LogP contribution in [0.15, 0.2) is 9.98 Å². The Bertz CT molecular complexity index is 582. The van der Waals surface area contributed by atoms with E-state index in [2.05, 4.69) is 20.0 Å². The molecule has 0 saturated heterocycles. The summed E-state index contributed by atoms with van der Waals surface area (Å²) in [7, 11) is 0. The molecule has 0 unspecified atom stereocenters. The highest BCUT2D eigenvalue weighted by Gasteiger charge is 2.10. The summed E-state index contributed by atoms with van der Waals surface area (Å²) in [6.07, 6.45) is 5.35. The van der Waals surface area contributed by atoms with Crippen molar-refractivity contribution in [2.24, 2.45) is 15.7 Å². The first-order chi connectivity index (χ1) is 6.86. The topological polar surface area (TPSA) is 76.5 Å². The number of nitrogens with zero attached hydrogens (tertiary/aromatic N) is 4. The van der Waals surface area contributed by atoms with Crippen LogP contribution >= 0.6 is 0 Å². The maximum absolute atomic E-state index is 5.48. The van der Waals surface area contributed by atoms with E-state index < -0.39 is 0 Å². The van der Waals surface area contributed by atoms with Crippen molar-refractivity contribution in [2.45, 2.75) is 0 Å². The Kier molecular flexibility index (Phi) is 1.37. The fourth-order valence-corrected chi connectivity index (χ4v) is 1.44. The van der Waals surface area contributed by atoms with E-state index in [-0.39, 0.29) is 0 Å². The Labute approximate surface area is 79.4 Å². The zero-order chi connectivity index (χ0) is 9.54. The molecule has 2 aliphatic rings. The van der Waals surface area contributed by atoms with E-state index in [0.717, 1.165) is 16.4 Å². The summed E-state index contributed by atoms with van der Waals surface area (Å²) >= 11 is 0. The van der Waals surface area contributed by atoms with Gasteiger partial charge in [-0.3, -0.25) is 0 Å². The fraction of sp³-hybridized carbons (Fsp3) is 0.111. The predicted octanol–water partition coefficient (Wildman–Crippen LogP) is -1.20. The molecule has 3 rings (SSSR count). The minimum Gasteiger partial charge on any atom is -0.325 e. The number of nitrogens with two attached hydrogens (primary N) is 1. The number of rotatable bonds is 1. The molecule has 0 fully saturated rings. The van der Waals surface area contributed by atoms with Crippen LogP contribution in [0.2, 0.25) is 0 Å². The molecule has 0 saturated carbocycles. The molecule has 5 heteroatoms. The van der Waals surface area contributed by atoms with Gasteiger partial charge >= 0.3 is 0 Å². The van der Waals surface area contributed by atoms with Crippen LogP contribution in [0.25, 0.3) is 12.2 Å². The van der Waals surface area contributed by atoms with Gasteiger partial charge in [0.05, 0.1) is 5.71 Å². The standard InChI is InChI=1S/C9H7N5/c10-4-5-3-7-9(12-5)13-6-1-2-11-8(6)14-7/h1-3H,4,10H2. The molecule has 5 nitrogen and oxygen atoms in total. The lowest BCUT2D eigenvalue weighted by Gasteiger charge is -1.91. The second kappa shape index (κ2) is 2.55. The van der Waals surface area contributed by atoms with Gasteiger partial charge in [-0.15, -0.1) is 0 Å². The van der Waals surface area contributed by atoms with E-state index in [1.165, 1.54) is 0 Å². The van der Waals surface area contributed by atoms with Crippen molar-refractivity contribution in [2.75, 3.05) is 6.54 Å². The minimum absolute atomic E-state index is 0.412. The largest absolute Gasteiger partial charge is 0.325 e. The van der Waals surface area contributed by atoms with Gasteiger partial charge < -0.3 is 5.73 Å². The van der Waals surface area contributed by atoms with Crippen LogP contribution in [0, 0.1) is 0 Å². The number of aromatic nitrogens is 2. The number of hydrogen-bond acceptors (Lipinski definition) is 5. The highest BCUT2D eigenvalue weighted by Crippen LogP contribution is 2.07. The molecule has 0 atom stereocenters. The van der Waals surface area contributed by atoms with E-state index in [9.17, 15) is 0 Å². The molecule has 0 radical (unpaired) electrons. The first kappa shape index (κ1) is 7.52. The maximum Gasteiger partial charge on any atom is 0.179 e. The molecule has 2 aliphatic heterocycles. The van der Waals surface area contributed by atoms with Crippen molar-refractivity contribution < 1.29 is 0 Å². The lowest BCUT2D eigenvalue weighted by atomic mass is 10.4. The average Bonchev–Trinajstić information content (AvgIpc) is 2.77. The van der Waals surface area contributed by atoms with Gasteiger partial charge in [0.25, 0.3) is 0 Å². The zero-order valence-corrected chi connectivity index (χ0v) is 7.31. The molecule has 0 amide bonds. The monoisotopic (exact) mass is 185 g/mol. The molecule has 1 aromatic rings. The summed E-state index contributed by atoms with van der Waals surface area (Å²) in [5, 5.41) is 1.54. The molecule has 0 aromatic carbocycles. The van der Waals surface area contributed by atoms with Gasteiger partial charge in [0.1, 0.15) is 10.7 Å². The van der Waals surface area contributed by atoms with Crippen molar-refractivity contribution in [3.8, 4) is 0 Å². The third kappa shape index (κ3) is 0.928. The highest BCUT2D eigenvalue weighted by molar-refractivity contribution is 6.14. The molecular formula is C9H7N5. The van der Waals surface area contributed by atoms with Gasteiger partial charge in [-0.25, -0.2) is 20.0 Å². The van der Waals surface area contributed by atoms with Crippen LogP contribution in [0.4, 0.5) is 11.6 Å². The SMILES string of the molecule is NCC1=Nc2nc3c(nc2=C1)N=CC=3. The van der Waals surface area contributed by atoms with E-state index in [1.54, 1.807) is 6.21 Å². The summed E-state index contributed by atoms with van der Waals surface area (Å²) in [5.74, 6) is 1.31. The van der Waals surface area contributed by atoms with Crippen LogP contribution in [-0.2, 0) is 0 Å². The Balaban J connectivity index is 2.29. The first-order valence-corrected chi connectivity index (χ1v) is 4.28. The molecule has 14 heavy (non-hydrogen) atoms. The third-order valence-electron chi connectivity index (χ3n) is 2.10. The Morgan fingerprint density at radius 1 is 1.14 bits per heavy atom. The van der Waals surface area contributed by atoms with Gasteiger partial charge in [-0.05, 0) is 12.2 Å². The smallest absolute Gasteiger partial charge is 0.179 e. The van der Waals surface area contributed by atoms with Gasteiger partial charge in [0.2, 0.25) is 0 Å². The fourth-order valence-electron chi connectivity index (χ4n) is 1.44. The normalized spacial score (nSPS) is 15.6. The Hall–Kier alpha value is -1.88. The lowest BCUT2D eigenvalue weighted by molar-refractivity contribution is 1.10. The van der Waals surface area contributed by atoms with Gasteiger partial charge in [-0.2, -0.15) is 0 Å². The Morgan fingerprint density at radius 3 is 2.86 bits per heavy atom. The number of fused-ring (bicyclic) bond motifs is 2. The molecule has 1 aromatic heterocycles. The molecule has 0 spiro atoms. The summed E-state index contributed by atoms with van der Waals surface area (Å²) < 4.78 is 0. The minimum atomic E-state index is 0.412. The molecule has 68 valence electrons. The van der Waals surface area contributed by atoms with Crippen molar-refractivity contribution in [1.29, 1.82) is 0 Å². The molecular weight excluding hydrogens is 178 g/mol. The first-order valence-electron chi connectivity index (χ1n) is 4.28. The van der Waals surface area contributed by atoms with E-state index in [4.69, 9.17) is 5.73 Å². The zero-order valence-electron chi connectivity index (χ0n) is 7.31. The van der Waals surface area contributed by atoms with Crippen LogP contribution in [0.1, 0.15) is 0 Å². The van der Waals surface area contributed by atoms with Crippen molar-refractivity contribution in [3.05, 3.63) is 10.7 Å². The Morgan fingerprint density at radius 2 is 2.00 bits per heavy atom. The predicted molar refractivity (Wildman–Crippen MR) is 54.5 cm³/mol. The highest BCUT2D eigenvalue weighted by atomic mass is 15.0. The maximum atomic E-state index is 5.48. The second-order valence-corrected chi connectivity index (χ2v) is 3.04. The third-order valence-corrected chi connectivity index (χ3v) is 2.10. The molecule has 0 aliphatic carbocycles. The molecule has 0 bridgehead atoms. The van der Waals surface area contributed by atoms with Crippen molar-refractivity contribution in [3.63, 3.8) is 0 Å². The van der Waals surface area contributed by atoms with Crippen LogP contribution in [0.5, 0.6) is 0 Å². The quantitative estimate of drug-likeness (QED) is 0.597. The van der Waals surface area contributed by atoms with Crippen LogP contribution in [0.3, 0.4) is 0 Å². The molecule has 3 heterocycles. The number of hydrogen-bond donors (Lipinski definition) is 1.